The van der Waals surface area contributed by atoms with E-state index in [1.54, 1.807) is 19.5 Å². The minimum atomic E-state index is -0.245. The van der Waals surface area contributed by atoms with Gasteiger partial charge in [0.25, 0.3) is 5.91 Å². The Morgan fingerprint density at radius 1 is 1.43 bits per heavy atom. The molecule has 1 atom stereocenters. The second kappa shape index (κ2) is 7.73. The van der Waals surface area contributed by atoms with Crippen LogP contribution in [0.25, 0.3) is 0 Å². The predicted octanol–water partition coefficient (Wildman–Crippen LogP) is 1.48. The van der Waals surface area contributed by atoms with Crippen molar-refractivity contribution in [3.63, 3.8) is 0 Å². The second-order valence-corrected chi connectivity index (χ2v) is 5.52. The molecule has 1 N–H and O–H groups in total. The number of carbonyl (C=O) groups excluding carboxylic acids is 1. The average molecular weight is 317 g/mol. The van der Waals surface area contributed by atoms with E-state index in [1.807, 2.05) is 48.7 Å². The number of rotatable bonds is 7. The normalized spacial score (nSPS) is 12.0. The van der Waals surface area contributed by atoms with Crippen LogP contribution in [-0.4, -0.2) is 48.5 Å². The Labute approximate surface area is 136 Å². The van der Waals surface area contributed by atoms with Gasteiger partial charge in [0.05, 0.1) is 12.6 Å². The van der Waals surface area contributed by atoms with Crippen LogP contribution in [0.5, 0.6) is 0 Å². The van der Waals surface area contributed by atoms with Crippen LogP contribution in [0.1, 0.15) is 29.1 Å². The zero-order valence-electron chi connectivity index (χ0n) is 14.0. The molecular weight excluding hydrogens is 294 g/mol. The topological polar surface area (TPSA) is 72.3 Å². The molecule has 23 heavy (non-hydrogen) atoms. The number of nitrogens with one attached hydrogen (secondary N) is 1. The molecule has 0 aliphatic heterocycles. The molecule has 1 amide bonds. The van der Waals surface area contributed by atoms with E-state index < -0.39 is 0 Å². The van der Waals surface area contributed by atoms with E-state index in [9.17, 15) is 4.79 Å². The highest BCUT2D eigenvalue weighted by molar-refractivity contribution is 5.95. The van der Waals surface area contributed by atoms with E-state index in [-0.39, 0.29) is 11.9 Å². The number of carbonyl (C=O) groups is 1. The summed E-state index contributed by atoms with van der Waals surface area (Å²) in [6.07, 6.45) is 1.64. The van der Waals surface area contributed by atoms with Crippen molar-refractivity contribution in [2.75, 3.05) is 32.7 Å². The molecule has 1 unspecified atom stereocenters. The molecule has 124 valence electrons. The number of anilines is 1. The molecule has 2 rings (SSSR count). The van der Waals surface area contributed by atoms with Gasteiger partial charge in [0.2, 0.25) is 0 Å². The number of amides is 1. The molecule has 7 heteroatoms. The molecule has 0 radical (unpaired) electrons. The number of hydrogen-bond donors (Lipinski definition) is 1. The van der Waals surface area contributed by atoms with Crippen LogP contribution in [0.2, 0.25) is 0 Å². The maximum Gasteiger partial charge on any atom is 0.251 e. The first kappa shape index (κ1) is 17.0. The summed E-state index contributed by atoms with van der Waals surface area (Å²) in [7, 11) is 5.53. The molecule has 1 aromatic heterocycles. The molecule has 0 saturated carbocycles. The van der Waals surface area contributed by atoms with Crippen LogP contribution in [0.3, 0.4) is 0 Å². The van der Waals surface area contributed by atoms with Gasteiger partial charge in [-0.15, -0.1) is 10.2 Å². The van der Waals surface area contributed by atoms with Crippen molar-refractivity contribution < 1.29 is 9.53 Å². The number of nitrogens with zero attached hydrogens (tertiary/aromatic N) is 4. The number of benzene rings is 1. The molecule has 0 aliphatic rings. The van der Waals surface area contributed by atoms with Gasteiger partial charge >= 0.3 is 0 Å². The molecule has 0 fully saturated rings. The summed E-state index contributed by atoms with van der Waals surface area (Å²) in [6, 6.07) is 7.24. The van der Waals surface area contributed by atoms with Crippen molar-refractivity contribution in [1.82, 2.24) is 20.1 Å². The van der Waals surface area contributed by atoms with Gasteiger partial charge < -0.3 is 19.5 Å². The molecule has 0 aliphatic carbocycles. The van der Waals surface area contributed by atoms with Crippen LogP contribution in [0, 0.1) is 0 Å². The number of methoxy groups -OCH3 is 1. The summed E-state index contributed by atoms with van der Waals surface area (Å²) in [5, 5.41) is 11.0. The first-order valence-corrected chi connectivity index (χ1v) is 7.47. The Hall–Kier alpha value is -2.41. The van der Waals surface area contributed by atoms with E-state index in [4.69, 9.17) is 4.74 Å². The van der Waals surface area contributed by atoms with E-state index in [0.717, 1.165) is 5.69 Å². The fraction of sp³-hybridized carbons (Fsp3) is 0.438. The standard InChI is InChI=1S/C16H23N5O2/c1-12(15-19-17-11-21(15)8-9-23-4)18-16(22)13-6-5-7-14(10-13)20(2)3/h5-7,10-12H,8-9H2,1-4H3,(H,18,22). The summed E-state index contributed by atoms with van der Waals surface area (Å²) >= 11 is 0. The van der Waals surface area contributed by atoms with E-state index in [2.05, 4.69) is 15.5 Å². The van der Waals surface area contributed by atoms with Crippen molar-refractivity contribution in [1.29, 1.82) is 0 Å². The second-order valence-electron chi connectivity index (χ2n) is 5.52. The maximum absolute atomic E-state index is 12.4. The van der Waals surface area contributed by atoms with E-state index in [1.165, 1.54) is 0 Å². The molecule has 7 nitrogen and oxygen atoms in total. The Kier molecular flexibility index (Phi) is 5.70. The Balaban J connectivity index is 2.08. The molecule has 2 aromatic rings. The van der Waals surface area contributed by atoms with Gasteiger partial charge in [-0.2, -0.15) is 0 Å². The number of hydrogen-bond acceptors (Lipinski definition) is 5. The summed E-state index contributed by atoms with van der Waals surface area (Å²) < 4.78 is 6.95. The third-order valence-corrected chi connectivity index (χ3v) is 3.54. The molecular formula is C16H23N5O2. The van der Waals surface area contributed by atoms with E-state index in [0.29, 0.717) is 24.5 Å². The van der Waals surface area contributed by atoms with Crippen LogP contribution >= 0.6 is 0 Å². The van der Waals surface area contributed by atoms with Crippen molar-refractivity contribution in [2.45, 2.75) is 19.5 Å². The summed E-state index contributed by atoms with van der Waals surface area (Å²) in [5.74, 6) is 0.571. The lowest BCUT2D eigenvalue weighted by molar-refractivity contribution is 0.0937. The third-order valence-electron chi connectivity index (χ3n) is 3.54. The van der Waals surface area contributed by atoms with Gasteiger partial charge in [-0.05, 0) is 25.1 Å². The lowest BCUT2D eigenvalue weighted by Gasteiger charge is -2.16. The fourth-order valence-electron chi connectivity index (χ4n) is 2.23. The summed E-state index contributed by atoms with van der Waals surface area (Å²) in [6.45, 7) is 3.10. The van der Waals surface area contributed by atoms with Crippen LogP contribution in [0.15, 0.2) is 30.6 Å². The lowest BCUT2D eigenvalue weighted by Crippen LogP contribution is -2.29. The van der Waals surface area contributed by atoms with Crippen LogP contribution in [-0.2, 0) is 11.3 Å². The zero-order chi connectivity index (χ0) is 16.8. The van der Waals surface area contributed by atoms with Gasteiger partial charge in [-0.25, -0.2) is 0 Å². The van der Waals surface area contributed by atoms with Crippen molar-refractivity contribution in [3.8, 4) is 0 Å². The Morgan fingerprint density at radius 3 is 2.91 bits per heavy atom. The lowest BCUT2D eigenvalue weighted by atomic mass is 10.1. The number of ether oxygens (including phenoxy) is 1. The predicted molar refractivity (Wildman–Crippen MR) is 88.5 cm³/mol. The van der Waals surface area contributed by atoms with Gasteiger partial charge in [0.1, 0.15) is 6.33 Å². The smallest absolute Gasteiger partial charge is 0.251 e. The maximum atomic E-state index is 12.4. The molecule has 1 aromatic carbocycles. The third kappa shape index (κ3) is 4.29. The molecule has 1 heterocycles. The SMILES string of the molecule is COCCn1cnnc1C(C)NC(=O)c1cccc(N(C)C)c1. The minimum Gasteiger partial charge on any atom is -0.383 e. The van der Waals surface area contributed by atoms with Crippen LogP contribution in [0.4, 0.5) is 5.69 Å². The molecule has 0 spiro atoms. The Morgan fingerprint density at radius 2 is 2.22 bits per heavy atom. The van der Waals surface area contributed by atoms with Gasteiger partial charge in [-0.1, -0.05) is 6.07 Å². The Bertz CT molecular complexity index is 653. The largest absolute Gasteiger partial charge is 0.383 e. The molecule has 0 bridgehead atoms. The van der Waals surface area contributed by atoms with Gasteiger partial charge in [0, 0.05) is 39.0 Å². The fourth-order valence-corrected chi connectivity index (χ4v) is 2.23. The van der Waals surface area contributed by atoms with Crippen molar-refractivity contribution >= 4 is 11.6 Å². The quantitative estimate of drug-likeness (QED) is 0.837. The van der Waals surface area contributed by atoms with Gasteiger partial charge in [0.15, 0.2) is 5.82 Å². The van der Waals surface area contributed by atoms with Gasteiger partial charge in [-0.3, -0.25) is 4.79 Å². The zero-order valence-corrected chi connectivity index (χ0v) is 14.0. The van der Waals surface area contributed by atoms with Crippen molar-refractivity contribution in [3.05, 3.63) is 42.0 Å². The van der Waals surface area contributed by atoms with E-state index >= 15 is 0 Å². The average Bonchev–Trinajstić information content (AvgIpc) is 3.01. The monoisotopic (exact) mass is 317 g/mol. The highest BCUT2D eigenvalue weighted by Gasteiger charge is 2.17. The highest BCUT2D eigenvalue weighted by atomic mass is 16.5. The first-order chi connectivity index (χ1) is 11.0. The number of aromatic nitrogens is 3. The van der Waals surface area contributed by atoms with Crippen LogP contribution < -0.4 is 10.2 Å². The molecule has 0 saturated heterocycles. The highest BCUT2D eigenvalue weighted by Crippen LogP contribution is 2.15. The minimum absolute atomic E-state index is 0.137. The van der Waals surface area contributed by atoms with Crippen molar-refractivity contribution in [2.24, 2.45) is 0 Å². The summed E-state index contributed by atoms with van der Waals surface area (Å²) in [5.41, 5.74) is 1.60. The first-order valence-electron chi connectivity index (χ1n) is 7.47. The summed E-state index contributed by atoms with van der Waals surface area (Å²) in [4.78, 5) is 14.4.